The van der Waals surface area contributed by atoms with Crippen molar-refractivity contribution >= 4 is 17.7 Å². The van der Waals surface area contributed by atoms with Gasteiger partial charge in [-0.25, -0.2) is 9.48 Å². The Morgan fingerprint density at radius 3 is 2.63 bits per heavy atom. The number of carbonyl (C=O) groups excluding carboxylic acids is 2. The molecule has 3 fully saturated rings. The summed E-state index contributed by atoms with van der Waals surface area (Å²) in [7, 11) is 1.70. The third-order valence-electron chi connectivity index (χ3n) is 5.64. The van der Waals surface area contributed by atoms with Gasteiger partial charge in [-0.15, -0.1) is 0 Å². The molecule has 27 heavy (non-hydrogen) atoms. The largest absolute Gasteiger partial charge is 0.439 e. The minimum atomic E-state index is -0.627. The van der Waals surface area contributed by atoms with E-state index in [2.05, 4.69) is 10.00 Å². The van der Waals surface area contributed by atoms with E-state index in [0.29, 0.717) is 19.6 Å². The molecule has 0 N–H and O–H groups in total. The first-order chi connectivity index (χ1) is 13.0. The summed E-state index contributed by atoms with van der Waals surface area (Å²) in [5.74, 6) is -0.178. The molecule has 3 aliphatic heterocycles. The number of carbonyl (C=O) groups is 2. The zero-order chi connectivity index (χ0) is 19.0. The van der Waals surface area contributed by atoms with Crippen LogP contribution in [0, 0.1) is 0 Å². The molecule has 4 rings (SSSR count). The third kappa shape index (κ3) is 3.50. The quantitative estimate of drug-likeness (QED) is 0.754. The molecule has 146 valence electrons. The monoisotopic (exact) mass is 375 g/mol. The molecule has 1 atom stereocenters. The van der Waals surface area contributed by atoms with Crippen LogP contribution in [0.15, 0.2) is 17.1 Å². The summed E-state index contributed by atoms with van der Waals surface area (Å²) < 4.78 is 6.74. The van der Waals surface area contributed by atoms with Crippen molar-refractivity contribution in [1.29, 1.82) is 0 Å². The maximum absolute atomic E-state index is 12.7. The van der Waals surface area contributed by atoms with Crippen LogP contribution in [0.2, 0.25) is 0 Å². The van der Waals surface area contributed by atoms with Crippen LogP contribution in [-0.4, -0.2) is 77.0 Å². The van der Waals surface area contributed by atoms with Gasteiger partial charge in [0.25, 0.3) is 5.56 Å². The lowest BCUT2D eigenvalue weighted by Gasteiger charge is -2.38. The van der Waals surface area contributed by atoms with Gasteiger partial charge in [0.2, 0.25) is 5.91 Å². The first-order valence-corrected chi connectivity index (χ1v) is 9.50. The smallest absolute Gasteiger partial charge is 0.410 e. The Morgan fingerprint density at radius 1 is 1.19 bits per heavy atom. The molecular weight excluding hydrogens is 350 g/mol. The zero-order valence-corrected chi connectivity index (χ0v) is 15.6. The van der Waals surface area contributed by atoms with Crippen LogP contribution in [-0.2, 0) is 16.1 Å². The van der Waals surface area contributed by atoms with Crippen molar-refractivity contribution in [3.63, 3.8) is 0 Å². The number of anilines is 1. The van der Waals surface area contributed by atoms with Crippen molar-refractivity contribution in [2.45, 2.75) is 37.8 Å². The predicted molar refractivity (Wildman–Crippen MR) is 97.6 cm³/mol. The average molecular weight is 375 g/mol. The van der Waals surface area contributed by atoms with Crippen LogP contribution < -0.4 is 10.5 Å². The molecule has 2 amide bonds. The van der Waals surface area contributed by atoms with E-state index in [4.69, 9.17) is 4.74 Å². The Bertz CT molecular complexity index is 803. The first-order valence-electron chi connectivity index (χ1n) is 9.50. The summed E-state index contributed by atoms with van der Waals surface area (Å²) >= 11 is 0. The van der Waals surface area contributed by atoms with Crippen LogP contribution >= 0.6 is 0 Å². The molecule has 3 saturated heterocycles. The van der Waals surface area contributed by atoms with Crippen molar-refractivity contribution in [3.05, 3.63) is 22.6 Å². The number of piperidine rings is 1. The Morgan fingerprint density at radius 2 is 1.96 bits per heavy atom. The molecule has 0 aromatic carbocycles. The van der Waals surface area contributed by atoms with Gasteiger partial charge in [-0.1, -0.05) is 0 Å². The molecule has 9 nitrogen and oxygen atoms in total. The molecule has 0 aliphatic carbocycles. The predicted octanol–water partition coefficient (Wildman–Crippen LogP) is 0.287. The first kappa shape index (κ1) is 17.8. The number of likely N-dealkylation sites (N-methyl/N-ethyl adjacent to an activating group) is 1. The maximum Gasteiger partial charge on any atom is 0.410 e. The van der Waals surface area contributed by atoms with Crippen molar-refractivity contribution in [2.24, 2.45) is 0 Å². The van der Waals surface area contributed by atoms with Gasteiger partial charge in [0.05, 0.1) is 25.0 Å². The number of hydrogen-bond acceptors (Lipinski definition) is 6. The fourth-order valence-corrected chi connectivity index (χ4v) is 4.23. The summed E-state index contributed by atoms with van der Waals surface area (Å²) in [6, 6.07) is 1.55. The fourth-order valence-electron chi connectivity index (χ4n) is 4.23. The Hall–Kier alpha value is -2.58. The molecule has 1 spiro atoms. The highest BCUT2D eigenvalue weighted by atomic mass is 16.6. The molecule has 3 aliphatic rings. The summed E-state index contributed by atoms with van der Waals surface area (Å²) in [6.45, 7) is 3.22. The minimum absolute atomic E-state index is 0.0982. The molecular formula is C18H25N5O4. The lowest BCUT2D eigenvalue weighted by molar-refractivity contribution is -0.137. The molecule has 1 aromatic rings. The van der Waals surface area contributed by atoms with Gasteiger partial charge < -0.3 is 19.4 Å². The number of rotatable bonds is 3. The number of aromatic nitrogens is 2. The van der Waals surface area contributed by atoms with Gasteiger partial charge in [-0.05, 0) is 25.7 Å². The van der Waals surface area contributed by atoms with E-state index in [1.165, 1.54) is 9.58 Å². The molecule has 1 aromatic heterocycles. The molecule has 1 unspecified atom stereocenters. The van der Waals surface area contributed by atoms with Crippen molar-refractivity contribution < 1.29 is 14.3 Å². The second-order valence-electron chi connectivity index (χ2n) is 7.73. The van der Waals surface area contributed by atoms with Crippen LogP contribution in [0.4, 0.5) is 10.5 Å². The van der Waals surface area contributed by atoms with Crippen LogP contribution in [0.5, 0.6) is 0 Å². The normalized spacial score (nSPS) is 25.4. The van der Waals surface area contributed by atoms with Gasteiger partial charge >= 0.3 is 6.09 Å². The molecule has 0 saturated carbocycles. The highest BCUT2D eigenvalue weighted by Gasteiger charge is 2.47. The van der Waals surface area contributed by atoms with Crippen molar-refractivity contribution in [2.75, 3.05) is 44.7 Å². The number of hydrogen-bond donors (Lipinski definition) is 0. The lowest BCUT2D eigenvalue weighted by Crippen LogP contribution is -2.53. The van der Waals surface area contributed by atoms with Gasteiger partial charge in [-0.3, -0.25) is 9.59 Å². The van der Waals surface area contributed by atoms with Gasteiger partial charge in [-0.2, -0.15) is 5.10 Å². The second-order valence-corrected chi connectivity index (χ2v) is 7.73. The number of ether oxygens (including phenoxy) is 1. The highest BCUT2D eigenvalue weighted by Crippen LogP contribution is 2.31. The minimum Gasteiger partial charge on any atom is -0.439 e. The third-order valence-corrected chi connectivity index (χ3v) is 5.64. The summed E-state index contributed by atoms with van der Waals surface area (Å²) in [5, 5.41) is 4.19. The van der Waals surface area contributed by atoms with E-state index in [-0.39, 0.29) is 24.1 Å². The van der Waals surface area contributed by atoms with Gasteiger partial charge in [0.1, 0.15) is 12.1 Å². The number of nitrogens with zero attached hydrogens (tertiary/aromatic N) is 5. The maximum atomic E-state index is 12.7. The number of likely N-dealkylation sites (tertiary alicyclic amines) is 1. The van der Waals surface area contributed by atoms with E-state index >= 15 is 0 Å². The van der Waals surface area contributed by atoms with Crippen LogP contribution in [0.25, 0.3) is 0 Å². The highest BCUT2D eigenvalue weighted by molar-refractivity contribution is 5.76. The summed E-state index contributed by atoms with van der Waals surface area (Å²) in [5.41, 5.74) is -0.0805. The Balaban J connectivity index is 1.43. The van der Waals surface area contributed by atoms with Crippen molar-refractivity contribution in [1.82, 2.24) is 19.6 Å². The van der Waals surface area contributed by atoms with E-state index < -0.39 is 5.60 Å². The van der Waals surface area contributed by atoms with E-state index in [1.54, 1.807) is 24.2 Å². The summed E-state index contributed by atoms with van der Waals surface area (Å²) in [4.78, 5) is 42.2. The summed E-state index contributed by atoms with van der Waals surface area (Å²) in [6.07, 6.45) is 5.07. The van der Waals surface area contributed by atoms with Crippen LogP contribution in [0.1, 0.15) is 25.7 Å². The SMILES string of the molecule is CN1CC2(CCCN(C(=O)Cn3ncc(N4CCCC4)cc3=O)C2)OC1=O. The van der Waals surface area contributed by atoms with Crippen molar-refractivity contribution in [3.8, 4) is 0 Å². The molecule has 9 heteroatoms. The number of amides is 2. The van der Waals surface area contributed by atoms with Gasteiger partial charge in [0, 0.05) is 32.7 Å². The standard InChI is InChI=1S/C18H25N5O4/c1-20-12-18(27-17(20)26)5-4-8-22(13-18)16(25)11-23-15(24)9-14(10-19-23)21-6-2-3-7-21/h9-10H,2-8,11-13H2,1H3. The molecule has 0 bridgehead atoms. The van der Waals surface area contributed by atoms with E-state index in [1.807, 2.05) is 0 Å². The molecule has 0 radical (unpaired) electrons. The Kier molecular flexibility index (Phi) is 4.53. The zero-order valence-electron chi connectivity index (χ0n) is 15.6. The lowest BCUT2D eigenvalue weighted by atomic mass is 9.93. The second kappa shape index (κ2) is 6.86. The Labute approximate surface area is 157 Å². The topological polar surface area (TPSA) is 88.0 Å². The molecule has 4 heterocycles. The van der Waals surface area contributed by atoms with Crippen LogP contribution in [0.3, 0.4) is 0 Å². The average Bonchev–Trinajstić information content (AvgIpc) is 3.26. The van der Waals surface area contributed by atoms with E-state index in [0.717, 1.165) is 44.5 Å². The van der Waals surface area contributed by atoms with Gasteiger partial charge in [0.15, 0.2) is 0 Å². The fraction of sp³-hybridized carbons (Fsp3) is 0.667. The van der Waals surface area contributed by atoms with E-state index in [9.17, 15) is 14.4 Å².